The molecule has 0 aliphatic heterocycles. The van der Waals surface area contributed by atoms with Gasteiger partial charge in [0.15, 0.2) is 6.61 Å². The summed E-state index contributed by atoms with van der Waals surface area (Å²) in [6, 6.07) is -0.465. The summed E-state index contributed by atoms with van der Waals surface area (Å²) in [6.45, 7) is 0.416. The van der Waals surface area contributed by atoms with E-state index in [2.05, 4.69) is 16.2 Å². The molecule has 0 heterocycles. The molecule has 12 heavy (non-hydrogen) atoms. The molecular formula is C7H10F3NO. The average Bonchev–Trinajstić information content (AvgIpc) is 1.96. The molecule has 0 aliphatic carbocycles. The Morgan fingerprint density at radius 2 is 2.17 bits per heavy atom. The van der Waals surface area contributed by atoms with Gasteiger partial charge in [-0.25, -0.2) is 0 Å². The number of hydrogen-bond acceptors (Lipinski definition) is 2. The Bertz CT molecular complexity index is 161. The first-order valence-corrected chi connectivity index (χ1v) is 3.39. The number of terminal acetylenes is 1. The molecule has 0 saturated heterocycles. The van der Waals surface area contributed by atoms with Crippen molar-refractivity contribution in [1.29, 1.82) is 0 Å². The third kappa shape index (κ3) is 6.01. The van der Waals surface area contributed by atoms with Crippen molar-refractivity contribution in [3.05, 3.63) is 0 Å². The largest absolute Gasteiger partial charge is 0.413 e. The van der Waals surface area contributed by atoms with Crippen molar-refractivity contribution < 1.29 is 18.0 Å². The first kappa shape index (κ1) is 11.3. The third-order valence-corrected chi connectivity index (χ3v) is 1.07. The zero-order valence-corrected chi connectivity index (χ0v) is 6.61. The summed E-state index contributed by atoms with van der Waals surface area (Å²) < 4.78 is 34.5. The summed E-state index contributed by atoms with van der Waals surface area (Å²) in [6.07, 6.45) is 1.16. The lowest BCUT2D eigenvalue weighted by Gasteiger charge is -2.11. The Kier molecular flexibility index (Phi) is 4.71. The summed E-state index contributed by atoms with van der Waals surface area (Å²) in [4.78, 5) is 4.12. The van der Waals surface area contributed by atoms with Crippen LogP contribution in [-0.2, 0) is 4.84 Å². The number of rotatable bonds is 4. The first-order chi connectivity index (χ1) is 5.49. The number of hydrogen-bond donors (Lipinski definition) is 1. The number of hydroxylamine groups is 1. The fraction of sp³-hybridized carbons (Fsp3) is 0.714. The quantitative estimate of drug-likeness (QED) is 0.524. The predicted octanol–water partition coefficient (Wildman–Crippen LogP) is 1.48. The molecule has 0 rings (SSSR count). The van der Waals surface area contributed by atoms with Crippen LogP contribution in [0.5, 0.6) is 0 Å². The van der Waals surface area contributed by atoms with E-state index in [1.54, 1.807) is 6.92 Å². The average molecular weight is 181 g/mol. The van der Waals surface area contributed by atoms with E-state index in [9.17, 15) is 13.2 Å². The molecule has 0 aromatic heterocycles. The molecule has 5 heteroatoms. The SMILES string of the molecule is C#CC(CC)NOCC(F)(F)F. The monoisotopic (exact) mass is 181 g/mol. The van der Waals surface area contributed by atoms with Gasteiger partial charge >= 0.3 is 6.18 Å². The van der Waals surface area contributed by atoms with E-state index in [0.29, 0.717) is 6.42 Å². The van der Waals surface area contributed by atoms with Gasteiger partial charge < -0.3 is 0 Å². The summed E-state index contributed by atoms with van der Waals surface area (Å²) in [7, 11) is 0. The molecule has 70 valence electrons. The van der Waals surface area contributed by atoms with Crippen LogP contribution in [0.4, 0.5) is 13.2 Å². The topological polar surface area (TPSA) is 21.3 Å². The molecule has 1 unspecified atom stereocenters. The first-order valence-electron chi connectivity index (χ1n) is 3.39. The molecule has 0 aliphatic rings. The molecular weight excluding hydrogens is 171 g/mol. The van der Waals surface area contributed by atoms with Gasteiger partial charge in [-0.2, -0.15) is 18.7 Å². The van der Waals surface area contributed by atoms with E-state index in [0.717, 1.165) is 0 Å². The lowest BCUT2D eigenvalue weighted by atomic mass is 10.3. The highest BCUT2D eigenvalue weighted by molar-refractivity contribution is 4.96. The second-order valence-electron chi connectivity index (χ2n) is 2.15. The van der Waals surface area contributed by atoms with Gasteiger partial charge in [0.2, 0.25) is 0 Å². The van der Waals surface area contributed by atoms with Gasteiger partial charge in [0, 0.05) is 0 Å². The van der Waals surface area contributed by atoms with Crippen molar-refractivity contribution in [3.63, 3.8) is 0 Å². The predicted molar refractivity (Wildman–Crippen MR) is 38.1 cm³/mol. The van der Waals surface area contributed by atoms with Gasteiger partial charge in [0.1, 0.15) is 0 Å². The van der Waals surface area contributed by atoms with Crippen molar-refractivity contribution in [3.8, 4) is 12.3 Å². The number of alkyl halides is 3. The van der Waals surface area contributed by atoms with Gasteiger partial charge in [-0.05, 0) is 6.42 Å². The Morgan fingerprint density at radius 1 is 1.58 bits per heavy atom. The molecule has 0 saturated carbocycles. The molecule has 2 nitrogen and oxygen atoms in total. The Balaban J connectivity index is 3.50. The highest BCUT2D eigenvalue weighted by Gasteiger charge is 2.27. The van der Waals surface area contributed by atoms with Crippen molar-refractivity contribution in [1.82, 2.24) is 5.48 Å². The highest BCUT2D eigenvalue weighted by atomic mass is 19.4. The highest BCUT2D eigenvalue weighted by Crippen LogP contribution is 2.13. The molecule has 0 aromatic rings. The van der Waals surface area contributed by atoms with Crippen LogP contribution in [0.25, 0.3) is 0 Å². The minimum atomic E-state index is -4.32. The van der Waals surface area contributed by atoms with Crippen molar-refractivity contribution in [2.24, 2.45) is 0 Å². The van der Waals surface area contributed by atoms with Crippen LogP contribution in [0.15, 0.2) is 0 Å². The van der Waals surface area contributed by atoms with E-state index >= 15 is 0 Å². The van der Waals surface area contributed by atoms with E-state index < -0.39 is 18.8 Å². The minimum Gasteiger partial charge on any atom is -0.291 e. The molecule has 1 N–H and O–H groups in total. The summed E-state index contributed by atoms with van der Waals surface area (Å²) in [5.74, 6) is 2.23. The van der Waals surface area contributed by atoms with Gasteiger partial charge in [-0.1, -0.05) is 12.8 Å². The fourth-order valence-corrected chi connectivity index (χ4v) is 0.459. The van der Waals surface area contributed by atoms with Gasteiger partial charge in [-0.15, -0.1) is 6.42 Å². The lowest BCUT2D eigenvalue weighted by Crippen LogP contribution is -2.31. The van der Waals surface area contributed by atoms with Crippen LogP contribution < -0.4 is 5.48 Å². The maximum atomic E-state index is 11.5. The van der Waals surface area contributed by atoms with Crippen molar-refractivity contribution in [2.45, 2.75) is 25.6 Å². The van der Waals surface area contributed by atoms with Gasteiger partial charge in [0.25, 0.3) is 0 Å². The van der Waals surface area contributed by atoms with Crippen LogP contribution in [0, 0.1) is 12.3 Å². The molecule has 0 bridgehead atoms. The summed E-state index contributed by atoms with van der Waals surface area (Å²) >= 11 is 0. The molecule has 0 amide bonds. The smallest absolute Gasteiger partial charge is 0.291 e. The van der Waals surface area contributed by atoms with Crippen LogP contribution in [0.3, 0.4) is 0 Å². The minimum absolute atomic E-state index is 0.465. The molecule has 0 radical (unpaired) electrons. The molecule has 0 aromatic carbocycles. The van der Waals surface area contributed by atoms with Crippen LogP contribution >= 0.6 is 0 Å². The normalized spacial score (nSPS) is 13.9. The fourth-order valence-electron chi connectivity index (χ4n) is 0.459. The Morgan fingerprint density at radius 3 is 2.50 bits per heavy atom. The molecule has 1 atom stereocenters. The van der Waals surface area contributed by atoms with Crippen LogP contribution in [0.2, 0.25) is 0 Å². The zero-order valence-electron chi connectivity index (χ0n) is 6.61. The second kappa shape index (κ2) is 5.01. The van der Waals surface area contributed by atoms with E-state index in [4.69, 9.17) is 6.42 Å². The Labute approximate surface area is 69.0 Å². The standard InChI is InChI=1S/C7H10F3NO/c1-3-6(4-2)11-12-5-7(8,9)10/h1,6,11H,4-5H2,2H3. The van der Waals surface area contributed by atoms with Crippen LogP contribution in [-0.4, -0.2) is 18.8 Å². The maximum absolute atomic E-state index is 11.5. The van der Waals surface area contributed by atoms with Gasteiger partial charge in [0.05, 0.1) is 6.04 Å². The summed E-state index contributed by atoms with van der Waals surface area (Å²) in [5.41, 5.74) is 2.12. The van der Waals surface area contributed by atoms with Crippen LogP contribution in [0.1, 0.15) is 13.3 Å². The maximum Gasteiger partial charge on any atom is 0.413 e. The zero-order chi connectivity index (χ0) is 9.61. The van der Waals surface area contributed by atoms with E-state index in [-0.39, 0.29) is 0 Å². The Hall–Kier alpha value is -0.730. The van der Waals surface area contributed by atoms with Gasteiger partial charge in [-0.3, -0.25) is 4.84 Å². The van der Waals surface area contributed by atoms with Crippen molar-refractivity contribution >= 4 is 0 Å². The number of halogens is 3. The lowest BCUT2D eigenvalue weighted by molar-refractivity contribution is -0.191. The number of nitrogens with one attached hydrogen (secondary N) is 1. The van der Waals surface area contributed by atoms with E-state index in [1.165, 1.54) is 0 Å². The summed E-state index contributed by atoms with van der Waals surface area (Å²) in [5, 5.41) is 0. The second-order valence-corrected chi connectivity index (χ2v) is 2.15. The van der Waals surface area contributed by atoms with Crippen molar-refractivity contribution in [2.75, 3.05) is 6.61 Å². The molecule has 0 spiro atoms. The van der Waals surface area contributed by atoms with E-state index in [1.807, 2.05) is 0 Å². The third-order valence-electron chi connectivity index (χ3n) is 1.07. The molecule has 0 fully saturated rings.